The topological polar surface area (TPSA) is 54.0 Å². The van der Waals surface area contributed by atoms with Gasteiger partial charge in [-0.2, -0.15) is 0 Å². The molecule has 2 N–H and O–H groups in total. The minimum Gasteiger partial charge on any atom is -0.388 e. The van der Waals surface area contributed by atoms with Crippen molar-refractivity contribution in [1.82, 2.24) is 10.3 Å². The van der Waals surface area contributed by atoms with Crippen LogP contribution in [-0.4, -0.2) is 17.9 Å². The standard InChI is InChI=1S/C13H15N3OS/c1-9-7-10(3-4-11(9)14-2)13(17)16-8-12-15-5-6-18-12/h3-7,14H,8H2,1-2H3,(H,16,17). The number of aromatic nitrogens is 1. The lowest BCUT2D eigenvalue weighted by atomic mass is 10.1. The molecule has 0 aliphatic heterocycles. The van der Waals surface area contributed by atoms with Gasteiger partial charge in [0, 0.05) is 29.9 Å². The fraction of sp³-hybridized carbons (Fsp3) is 0.231. The molecule has 0 fully saturated rings. The summed E-state index contributed by atoms with van der Waals surface area (Å²) in [6.07, 6.45) is 1.73. The maximum absolute atomic E-state index is 11.9. The molecule has 1 aromatic heterocycles. The smallest absolute Gasteiger partial charge is 0.251 e. The van der Waals surface area contributed by atoms with Crippen LogP contribution in [0.5, 0.6) is 0 Å². The lowest BCUT2D eigenvalue weighted by Crippen LogP contribution is -2.22. The quantitative estimate of drug-likeness (QED) is 0.888. The highest BCUT2D eigenvalue weighted by Crippen LogP contribution is 2.15. The molecule has 94 valence electrons. The number of carbonyl (C=O) groups excluding carboxylic acids is 1. The van der Waals surface area contributed by atoms with Crippen molar-refractivity contribution in [2.75, 3.05) is 12.4 Å². The molecule has 0 saturated carbocycles. The predicted molar refractivity (Wildman–Crippen MR) is 74.0 cm³/mol. The van der Waals surface area contributed by atoms with Gasteiger partial charge in [-0.3, -0.25) is 4.79 Å². The molecule has 0 atom stereocenters. The third-order valence-corrected chi connectivity index (χ3v) is 3.42. The van der Waals surface area contributed by atoms with Crippen LogP contribution >= 0.6 is 11.3 Å². The summed E-state index contributed by atoms with van der Waals surface area (Å²) in [5.74, 6) is -0.0732. The van der Waals surface area contributed by atoms with Gasteiger partial charge < -0.3 is 10.6 Å². The fourth-order valence-corrected chi connectivity index (χ4v) is 2.24. The van der Waals surface area contributed by atoms with Crippen molar-refractivity contribution < 1.29 is 4.79 Å². The Kier molecular flexibility index (Phi) is 3.94. The first-order valence-corrected chi connectivity index (χ1v) is 6.53. The Hall–Kier alpha value is -1.88. The summed E-state index contributed by atoms with van der Waals surface area (Å²) in [5.41, 5.74) is 2.76. The lowest BCUT2D eigenvalue weighted by molar-refractivity contribution is 0.0951. The van der Waals surface area contributed by atoms with E-state index in [2.05, 4.69) is 15.6 Å². The van der Waals surface area contributed by atoms with E-state index in [1.807, 2.05) is 37.6 Å². The number of amides is 1. The van der Waals surface area contributed by atoms with Crippen molar-refractivity contribution in [3.05, 3.63) is 45.9 Å². The van der Waals surface area contributed by atoms with Gasteiger partial charge >= 0.3 is 0 Å². The van der Waals surface area contributed by atoms with Gasteiger partial charge in [0.25, 0.3) is 5.91 Å². The number of aryl methyl sites for hydroxylation is 1. The molecule has 0 aliphatic rings. The maximum atomic E-state index is 11.9. The first-order chi connectivity index (χ1) is 8.70. The molecule has 0 spiro atoms. The molecular formula is C13H15N3OS. The van der Waals surface area contributed by atoms with E-state index in [1.165, 1.54) is 11.3 Å². The predicted octanol–water partition coefficient (Wildman–Crippen LogP) is 2.42. The van der Waals surface area contributed by atoms with Gasteiger partial charge in [-0.1, -0.05) is 0 Å². The summed E-state index contributed by atoms with van der Waals surface area (Å²) in [6, 6.07) is 5.60. The Labute approximate surface area is 110 Å². The molecule has 0 saturated heterocycles. The molecule has 1 aromatic carbocycles. The summed E-state index contributed by atoms with van der Waals surface area (Å²) in [5, 5.41) is 8.74. The Bertz CT molecular complexity index is 537. The van der Waals surface area contributed by atoms with Crippen LogP contribution in [0.3, 0.4) is 0 Å². The second-order valence-electron chi connectivity index (χ2n) is 3.89. The number of rotatable bonds is 4. The number of hydrogen-bond acceptors (Lipinski definition) is 4. The minimum atomic E-state index is -0.0732. The molecule has 5 heteroatoms. The first-order valence-electron chi connectivity index (χ1n) is 5.65. The Balaban J connectivity index is 2.02. The zero-order chi connectivity index (χ0) is 13.0. The summed E-state index contributed by atoms with van der Waals surface area (Å²) in [4.78, 5) is 16.1. The van der Waals surface area contributed by atoms with Crippen molar-refractivity contribution in [1.29, 1.82) is 0 Å². The van der Waals surface area contributed by atoms with Crippen molar-refractivity contribution in [3.8, 4) is 0 Å². The van der Waals surface area contributed by atoms with Crippen LogP contribution in [0.15, 0.2) is 29.8 Å². The lowest BCUT2D eigenvalue weighted by Gasteiger charge is -2.08. The minimum absolute atomic E-state index is 0.0732. The molecule has 18 heavy (non-hydrogen) atoms. The number of nitrogens with zero attached hydrogens (tertiary/aromatic N) is 1. The summed E-state index contributed by atoms with van der Waals surface area (Å²) >= 11 is 1.53. The number of anilines is 1. The van der Waals surface area contributed by atoms with Gasteiger partial charge in [0.05, 0.1) is 6.54 Å². The van der Waals surface area contributed by atoms with E-state index in [4.69, 9.17) is 0 Å². The van der Waals surface area contributed by atoms with Gasteiger partial charge in [-0.25, -0.2) is 4.98 Å². The molecule has 2 aromatic rings. The van der Waals surface area contributed by atoms with E-state index < -0.39 is 0 Å². The molecule has 2 rings (SSSR count). The molecule has 1 amide bonds. The van der Waals surface area contributed by atoms with Gasteiger partial charge in [0.1, 0.15) is 5.01 Å². The highest BCUT2D eigenvalue weighted by atomic mass is 32.1. The van der Waals surface area contributed by atoms with Crippen molar-refractivity contribution in [2.45, 2.75) is 13.5 Å². The average molecular weight is 261 g/mol. The number of nitrogens with one attached hydrogen (secondary N) is 2. The van der Waals surface area contributed by atoms with E-state index in [9.17, 15) is 4.79 Å². The summed E-state index contributed by atoms with van der Waals surface area (Å²) < 4.78 is 0. The van der Waals surface area contributed by atoms with Crippen LogP contribution in [0, 0.1) is 6.92 Å². The highest BCUT2D eigenvalue weighted by molar-refractivity contribution is 7.09. The Morgan fingerprint density at radius 2 is 2.28 bits per heavy atom. The monoisotopic (exact) mass is 261 g/mol. The number of benzene rings is 1. The van der Waals surface area contributed by atoms with Gasteiger partial charge in [-0.05, 0) is 30.7 Å². The normalized spacial score (nSPS) is 10.1. The third kappa shape index (κ3) is 2.87. The Morgan fingerprint density at radius 1 is 1.44 bits per heavy atom. The summed E-state index contributed by atoms with van der Waals surface area (Å²) in [7, 11) is 1.87. The molecule has 0 radical (unpaired) electrons. The molecular weight excluding hydrogens is 246 g/mol. The fourth-order valence-electron chi connectivity index (χ4n) is 1.68. The first kappa shape index (κ1) is 12.6. The maximum Gasteiger partial charge on any atom is 0.251 e. The van der Waals surface area contributed by atoms with Crippen LogP contribution in [0.25, 0.3) is 0 Å². The van der Waals surface area contributed by atoms with E-state index >= 15 is 0 Å². The highest BCUT2D eigenvalue weighted by Gasteiger charge is 2.07. The zero-order valence-electron chi connectivity index (χ0n) is 10.4. The average Bonchev–Trinajstić information content (AvgIpc) is 2.89. The van der Waals surface area contributed by atoms with E-state index in [0.29, 0.717) is 12.1 Å². The van der Waals surface area contributed by atoms with E-state index in [-0.39, 0.29) is 5.91 Å². The van der Waals surface area contributed by atoms with E-state index in [1.54, 1.807) is 6.20 Å². The van der Waals surface area contributed by atoms with Crippen LogP contribution in [0.1, 0.15) is 20.9 Å². The number of hydrogen-bond donors (Lipinski definition) is 2. The zero-order valence-corrected chi connectivity index (χ0v) is 11.2. The number of carbonyl (C=O) groups is 1. The molecule has 1 heterocycles. The van der Waals surface area contributed by atoms with Crippen LogP contribution in [0.4, 0.5) is 5.69 Å². The van der Waals surface area contributed by atoms with E-state index in [0.717, 1.165) is 16.3 Å². The Morgan fingerprint density at radius 3 is 2.89 bits per heavy atom. The van der Waals surface area contributed by atoms with Crippen LogP contribution in [-0.2, 0) is 6.54 Å². The van der Waals surface area contributed by atoms with Crippen molar-refractivity contribution >= 4 is 22.9 Å². The molecule has 0 aliphatic carbocycles. The van der Waals surface area contributed by atoms with Gasteiger partial charge in [0.15, 0.2) is 0 Å². The third-order valence-electron chi connectivity index (χ3n) is 2.64. The largest absolute Gasteiger partial charge is 0.388 e. The SMILES string of the molecule is CNc1ccc(C(=O)NCc2nccs2)cc1C. The van der Waals surface area contributed by atoms with Crippen molar-refractivity contribution in [3.63, 3.8) is 0 Å². The molecule has 0 unspecified atom stereocenters. The molecule has 0 bridgehead atoms. The van der Waals surface area contributed by atoms with Crippen molar-refractivity contribution in [2.24, 2.45) is 0 Å². The van der Waals surface area contributed by atoms with Crippen LogP contribution < -0.4 is 10.6 Å². The second kappa shape index (κ2) is 5.64. The van der Waals surface area contributed by atoms with Gasteiger partial charge in [-0.15, -0.1) is 11.3 Å². The molecule has 4 nitrogen and oxygen atoms in total. The van der Waals surface area contributed by atoms with Gasteiger partial charge in [0.2, 0.25) is 0 Å². The number of thiazole rings is 1. The summed E-state index contributed by atoms with van der Waals surface area (Å²) in [6.45, 7) is 2.45. The second-order valence-corrected chi connectivity index (χ2v) is 4.87. The van der Waals surface area contributed by atoms with Crippen LogP contribution in [0.2, 0.25) is 0 Å².